The number of hydrogen-bond acceptors (Lipinski definition) is 5. The highest BCUT2D eigenvalue weighted by Gasteiger charge is 2.49. The van der Waals surface area contributed by atoms with Crippen LogP contribution < -0.4 is 5.43 Å². The van der Waals surface area contributed by atoms with Crippen LogP contribution in [0, 0.1) is 0 Å². The van der Waals surface area contributed by atoms with E-state index in [0.29, 0.717) is 11.1 Å². The molecule has 1 aromatic rings. The molecule has 0 saturated carbocycles. The van der Waals surface area contributed by atoms with E-state index in [0.717, 1.165) is 10.6 Å². The van der Waals surface area contributed by atoms with E-state index < -0.39 is 17.7 Å². The molecule has 1 N–H and O–H groups in total. The molecule has 0 bridgehead atoms. The fourth-order valence-electron chi connectivity index (χ4n) is 2.88. The van der Waals surface area contributed by atoms with Gasteiger partial charge in [-0.15, -0.1) is 0 Å². The summed E-state index contributed by atoms with van der Waals surface area (Å²) in [6.07, 6.45) is 0.0813. The van der Waals surface area contributed by atoms with E-state index >= 15 is 0 Å². The summed E-state index contributed by atoms with van der Waals surface area (Å²) in [5.74, 6) is -0.309. The Labute approximate surface area is 146 Å². The van der Waals surface area contributed by atoms with Crippen molar-refractivity contribution in [3.63, 3.8) is 0 Å². The quantitative estimate of drug-likeness (QED) is 0.851. The standard InChI is InChI=1S/C18H22N2O5/c1-5-24-16(22)19-20(17(23)25-6-2)18(4)14-10-8-7-9-13(14)11-12(3)15(18)21/h7-11H,5-6H2,1-4H3,(H,19,22)/t18-/m0/s1. The summed E-state index contributed by atoms with van der Waals surface area (Å²) >= 11 is 0. The zero-order chi connectivity index (χ0) is 18.6. The van der Waals surface area contributed by atoms with Gasteiger partial charge in [-0.3, -0.25) is 4.79 Å². The van der Waals surface area contributed by atoms with E-state index in [1.54, 1.807) is 45.9 Å². The van der Waals surface area contributed by atoms with Crippen molar-refractivity contribution >= 4 is 24.0 Å². The van der Waals surface area contributed by atoms with Crippen LogP contribution in [0.3, 0.4) is 0 Å². The molecule has 0 unspecified atom stereocenters. The van der Waals surface area contributed by atoms with Crippen molar-refractivity contribution in [2.75, 3.05) is 13.2 Å². The van der Waals surface area contributed by atoms with Crippen LogP contribution in [0.25, 0.3) is 6.08 Å². The molecule has 0 aliphatic heterocycles. The number of carbonyl (C=O) groups excluding carboxylic acids is 3. The van der Waals surface area contributed by atoms with Gasteiger partial charge in [-0.2, -0.15) is 5.01 Å². The third-order valence-electron chi connectivity index (χ3n) is 4.03. The first-order chi connectivity index (χ1) is 11.9. The number of rotatable bonds is 3. The van der Waals surface area contributed by atoms with Crippen LogP contribution in [0.15, 0.2) is 29.8 Å². The van der Waals surface area contributed by atoms with E-state index in [2.05, 4.69) is 5.43 Å². The summed E-state index contributed by atoms with van der Waals surface area (Å²) in [6, 6.07) is 7.20. The molecule has 25 heavy (non-hydrogen) atoms. The van der Waals surface area contributed by atoms with Gasteiger partial charge < -0.3 is 9.47 Å². The molecular formula is C18H22N2O5. The fourth-order valence-corrected chi connectivity index (χ4v) is 2.88. The number of nitrogens with zero attached hydrogens (tertiary/aromatic N) is 1. The highest BCUT2D eigenvalue weighted by molar-refractivity contribution is 6.10. The van der Waals surface area contributed by atoms with Crippen LogP contribution in [-0.4, -0.2) is 36.2 Å². The predicted octanol–water partition coefficient (Wildman–Crippen LogP) is 3.01. The maximum atomic E-state index is 13.0. The minimum atomic E-state index is -1.45. The Morgan fingerprint density at radius 1 is 1.16 bits per heavy atom. The second-order valence-corrected chi connectivity index (χ2v) is 5.68. The van der Waals surface area contributed by atoms with Gasteiger partial charge in [0.05, 0.1) is 13.2 Å². The number of ketones is 1. The first-order valence-electron chi connectivity index (χ1n) is 8.09. The Hall–Kier alpha value is -2.83. The van der Waals surface area contributed by atoms with Crippen molar-refractivity contribution in [1.29, 1.82) is 0 Å². The third kappa shape index (κ3) is 3.35. The van der Waals surface area contributed by atoms with E-state index in [4.69, 9.17) is 9.47 Å². The summed E-state index contributed by atoms with van der Waals surface area (Å²) in [5, 5.41) is 0.909. The lowest BCUT2D eigenvalue weighted by molar-refractivity contribution is -0.128. The number of hydrazine groups is 1. The summed E-state index contributed by atoms with van der Waals surface area (Å²) in [5.41, 5.74) is 2.76. The largest absolute Gasteiger partial charge is 0.449 e. The zero-order valence-corrected chi connectivity index (χ0v) is 14.8. The Kier molecular flexibility index (Phi) is 5.46. The number of fused-ring (bicyclic) bond motifs is 1. The number of benzene rings is 1. The van der Waals surface area contributed by atoms with E-state index in [1.165, 1.54) is 0 Å². The van der Waals surface area contributed by atoms with Gasteiger partial charge in [-0.25, -0.2) is 15.0 Å². The molecule has 7 nitrogen and oxygen atoms in total. The molecule has 0 aromatic heterocycles. The van der Waals surface area contributed by atoms with Crippen molar-refractivity contribution in [3.8, 4) is 0 Å². The third-order valence-corrected chi connectivity index (χ3v) is 4.03. The molecule has 0 radical (unpaired) electrons. The van der Waals surface area contributed by atoms with Crippen molar-refractivity contribution in [3.05, 3.63) is 41.0 Å². The molecule has 0 spiro atoms. The van der Waals surface area contributed by atoms with Crippen LogP contribution in [0.4, 0.5) is 9.59 Å². The minimum absolute atomic E-state index is 0.0978. The van der Waals surface area contributed by atoms with E-state index in [-0.39, 0.29) is 19.0 Å². The van der Waals surface area contributed by atoms with Crippen LogP contribution >= 0.6 is 0 Å². The molecule has 7 heteroatoms. The Morgan fingerprint density at radius 2 is 1.80 bits per heavy atom. The van der Waals surface area contributed by atoms with Crippen LogP contribution in [0.2, 0.25) is 0 Å². The highest BCUT2D eigenvalue weighted by Crippen LogP contribution is 2.38. The molecule has 2 rings (SSSR count). The predicted molar refractivity (Wildman–Crippen MR) is 91.5 cm³/mol. The molecule has 2 amide bonds. The van der Waals surface area contributed by atoms with Gasteiger partial charge in [0.15, 0.2) is 11.3 Å². The number of amides is 2. The van der Waals surface area contributed by atoms with Crippen molar-refractivity contribution in [1.82, 2.24) is 10.4 Å². The number of hydrogen-bond donors (Lipinski definition) is 1. The number of nitrogens with one attached hydrogen (secondary N) is 1. The van der Waals surface area contributed by atoms with Gasteiger partial charge in [0.2, 0.25) is 0 Å². The topological polar surface area (TPSA) is 84.9 Å². The summed E-state index contributed by atoms with van der Waals surface area (Å²) in [4.78, 5) is 37.4. The molecule has 134 valence electrons. The molecule has 0 heterocycles. The van der Waals surface area contributed by atoms with Gasteiger partial charge in [0.25, 0.3) is 0 Å². The zero-order valence-electron chi connectivity index (χ0n) is 14.8. The SMILES string of the molecule is CCOC(=O)NN(C(=O)OCC)[C@]1(C)C(=O)C(C)=Cc2ccccc21. The van der Waals surface area contributed by atoms with Crippen LogP contribution in [0.5, 0.6) is 0 Å². The summed E-state index contributed by atoms with van der Waals surface area (Å²) in [7, 11) is 0. The second-order valence-electron chi connectivity index (χ2n) is 5.68. The smallest absolute Gasteiger partial charge is 0.430 e. The van der Waals surface area contributed by atoms with Gasteiger partial charge in [-0.1, -0.05) is 24.3 Å². The van der Waals surface area contributed by atoms with E-state index in [1.807, 2.05) is 12.1 Å². The monoisotopic (exact) mass is 346 g/mol. The molecular weight excluding hydrogens is 324 g/mol. The minimum Gasteiger partial charge on any atom is -0.449 e. The number of ether oxygens (including phenoxy) is 2. The molecule has 0 saturated heterocycles. The van der Waals surface area contributed by atoms with Crippen molar-refractivity contribution in [2.45, 2.75) is 33.2 Å². The molecule has 1 aliphatic carbocycles. The average molecular weight is 346 g/mol. The second kappa shape index (κ2) is 7.38. The molecule has 1 aromatic carbocycles. The maximum Gasteiger partial charge on any atom is 0.430 e. The van der Waals surface area contributed by atoms with Crippen LogP contribution in [-0.2, 0) is 19.8 Å². The normalized spacial score (nSPS) is 18.7. The first-order valence-corrected chi connectivity index (χ1v) is 8.09. The van der Waals surface area contributed by atoms with Crippen molar-refractivity contribution < 1.29 is 23.9 Å². The maximum absolute atomic E-state index is 13.0. The first kappa shape index (κ1) is 18.5. The number of carbonyl (C=O) groups is 3. The van der Waals surface area contributed by atoms with Crippen molar-refractivity contribution in [2.24, 2.45) is 0 Å². The lowest BCUT2D eigenvalue weighted by Crippen LogP contribution is -2.61. The van der Waals surface area contributed by atoms with Gasteiger partial charge in [0.1, 0.15) is 0 Å². The lowest BCUT2D eigenvalue weighted by atomic mass is 9.77. The summed E-state index contributed by atoms with van der Waals surface area (Å²) < 4.78 is 9.91. The average Bonchev–Trinajstić information content (AvgIpc) is 2.58. The molecule has 1 aliphatic rings. The van der Waals surface area contributed by atoms with Gasteiger partial charge in [0, 0.05) is 0 Å². The highest BCUT2D eigenvalue weighted by atomic mass is 16.6. The van der Waals surface area contributed by atoms with Gasteiger partial charge >= 0.3 is 12.2 Å². The lowest BCUT2D eigenvalue weighted by Gasteiger charge is -2.41. The number of Topliss-reactive ketones (excluding diaryl/α,β-unsaturated/α-hetero) is 1. The molecule has 0 fully saturated rings. The Balaban J connectivity index is 2.56. The molecule has 1 atom stereocenters. The fraction of sp³-hybridized carbons (Fsp3) is 0.389. The van der Waals surface area contributed by atoms with E-state index in [9.17, 15) is 14.4 Å². The summed E-state index contributed by atoms with van der Waals surface area (Å²) in [6.45, 7) is 6.76. The Morgan fingerprint density at radius 3 is 2.44 bits per heavy atom. The Bertz CT molecular complexity index is 728. The van der Waals surface area contributed by atoms with Gasteiger partial charge in [-0.05, 0) is 50.5 Å². The van der Waals surface area contributed by atoms with Crippen LogP contribution in [0.1, 0.15) is 38.8 Å².